The fourth-order valence-corrected chi connectivity index (χ4v) is 2.73. The molecule has 0 spiro atoms. The summed E-state index contributed by atoms with van der Waals surface area (Å²) in [5, 5.41) is 14.0. The van der Waals surface area contributed by atoms with Crippen LogP contribution in [-0.4, -0.2) is 15.6 Å². The third kappa shape index (κ3) is 3.50. The van der Waals surface area contributed by atoms with E-state index in [9.17, 15) is 10.1 Å². The van der Waals surface area contributed by atoms with Crippen molar-refractivity contribution < 1.29 is 9.53 Å². The summed E-state index contributed by atoms with van der Waals surface area (Å²) in [6.07, 6.45) is 0.473. The Morgan fingerprint density at radius 1 is 1.15 bits per heavy atom. The molecule has 1 heterocycles. The summed E-state index contributed by atoms with van der Waals surface area (Å²) in [5.74, 6) is 0.737. The van der Waals surface area contributed by atoms with Crippen LogP contribution in [0.2, 0.25) is 0 Å². The zero-order valence-corrected chi connectivity index (χ0v) is 14.8. The van der Waals surface area contributed by atoms with Crippen molar-refractivity contribution in [3.05, 3.63) is 77.1 Å². The molecule has 0 atom stereocenters. The number of hydrogen-bond acceptors (Lipinski definition) is 4. The Hall–Kier alpha value is -3.39. The second-order valence-electron chi connectivity index (χ2n) is 5.86. The van der Waals surface area contributed by atoms with Gasteiger partial charge in [0.15, 0.2) is 5.78 Å². The van der Waals surface area contributed by atoms with Crippen molar-refractivity contribution in [3.63, 3.8) is 0 Å². The first kappa shape index (κ1) is 17.4. The average Bonchev–Trinajstić information content (AvgIpc) is 3.02. The molecule has 130 valence electrons. The van der Waals surface area contributed by atoms with Crippen LogP contribution in [0.5, 0.6) is 5.75 Å². The summed E-state index contributed by atoms with van der Waals surface area (Å²) in [6.45, 7) is 3.86. The zero-order valence-electron chi connectivity index (χ0n) is 14.8. The van der Waals surface area contributed by atoms with Crippen LogP contribution in [0.1, 0.15) is 40.7 Å². The largest absolute Gasteiger partial charge is 0.487 e. The number of ether oxygens (including phenoxy) is 1. The Morgan fingerprint density at radius 2 is 1.85 bits per heavy atom. The maximum atomic E-state index is 11.7. The minimum absolute atomic E-state index is 0.0982. The van der Waals surface area contributed by atoms with Gasteiger partial charge in [0.05, 0.1) is 17.1 Å². The van der Waals surface area contributed by atoms with E-state index in [1.54, 1.807) is 28.9 Å². The van der Waals surface area contributed by atoms with Gasteiger partial charge in [-0.25, -0.2) is 4.68 Å². The van der Waals surface area contributed by atoms with Crippen molar-refractivity contribution >= 4 is 5.78 Å². The summed E-state index contributed by atoms with van der Waals surface area (Å²) in [4.78, 5) is 11.7. The van der Waals surface area contributed by atoms with Crippen molar-refractivity contribution in [1.29, 1.82) is 5.26 Å². The molecule has 0 aliphatic rings. The van der Waals surface area contributed by atoms with Gasteiger partial charge in [0.25, 0.3) is 0 Å². The third-order valence-electron chi connectivity index (χ3n) is 4.14. The summed E-state index contributed by atoms with van der Waals surface area (Å²) in [6, 6.07) is 18.9. The maximum absolute atomic E-state index is 11.7. The summed E-state index contributed by atoms with van der Waals surface area (Å²) in [7, 11) is 0. The lowest BCUT2D eigenvalue weighted by molar-refractivity contribution is 0.0988. The van der Waals surface area contributed by atoms with Crippen LogP contribution in [0.3, 0.4) is 0 Å². The topological polar surface area (TPSA) is 67.9 Å². The van der Waals surface area contributed by atoms with Crippen molar-refractivity contribution in [1.82, 2.24) is 9.78 Å². The van der Waals surface area contributed by atoms with E-state index in [4.69, 9.17) is 4.74 Å². The molecular weight excluding hydrogens is 326 g/mol. The first-order valence-electron chi connectivity index (χ1n) is 8.44. The number of nitriles is 1. The number of rotatable bonds is 6. The van der Waals surface area contributed by atoms with Gasteiger partial charge >= 0.3 is 0 Å². The number of aryl methyl sites for hydroxylation is 1. The number of benzene rings is 2. The van der Waals surface area contributed by atoms with Crippen molar-refractivity contribution in [3.8, 4) is 17.5 Å². The van der Waals surface area contributed by atoms with Gasteiger partial charge in [-0.1, -0.05) is 25.1 Å². The zero-order chi connectivity index (χ0) is 18.5. The van der Waals surface area contributed by atoms with Crippen LogP contribution in [0.15, 0.2) is 54.6 Å². The van der Waals surface area contributed by atoms with Crippen LogP contribution in [0.4, 0.5) is 0 Å². The highest BCUT2D eigenvalue weighted by atomic mass is 16.5. The van der Waals surface area contributed by atoms with E-state index >= 15 is 0 Å². The summed E-state index contributed by atoms with van der Waals surface area (Å²) in [5.41, 5.74) is 3.43. The number of hydrogen-bond donors (Lipinski definition) is 0. The number of nitrogens with zero attached hydrogens (tertiary/aromatic N) is 3. The predicted octanol–water partition coefficient (Wildman–Crippen LogP) is 4.22. The normalized spacial score (nSPS) is 10.3. The van der Waals surface area contributed by atoms with Gasteiger partial charge in [0.2, 0.25) is 0 Å². The quantitative estimate of drug-likeness (QED) is 0.627. The first-order chi connectivity index (χ1) is 12.6. The Kier molecular flexibility index (Phi) is 5.14. The molecule has 3 aromatic rings. The van der Waals surface area contributed by atoms with Crippen LogP contribution in [0, 0.1) is 18.3 Å². The molecule has 0 unspecified atom stereocenters. The minimum Gasteiger partial charge on any atom is -0.487 e. The van der Waals surface area contributed by atoms with E-state index in [-0.39, 0.29) is 12.4 Å². The Bertz CT molecular complexity index is 951. The van der Waals surface area contributed by atoms with Gasteiger partial charge < -0.3 is 4.74 Å². The van der Waals surface area contributed by atoms with Crippen molar-refractivity contribution in [2.24, 2.45) is 0 Å². The number of para-hydroxylation sites is 1. The van der Waals surface area contributed by atoms with Crippen molar-refractivity contribution in [2.75, 3.05) is 0 Å². The van der Waals surface area contributed by atoms with E-state index in [0.717, 1.165) is 5.69 Å². The molecule has 0 radical (unpaired) electrons. The molecule has 3 rings (SSSR count). The van der Waals surface area contributed by atoms with Gasteiger partial charge in [0, 0.05) is 12.0 Å². The van der Waals surface area contributed by atoms with Crippen LogP contribution in [-0.2, 0) is 6.61 Å². The van der Waals surface area contributed by atoms with Crippen LogP contribution < -0.4 is 4.74 Å². The Morgan fingerprint density at radius 3 is 2.46 bits per heavy atom. The third-order valence-corrected chi connectivity index (χ3v) is 4.14. The van der Waals surface area contributed by atoms with E-state index in [1.165, 1.54) is 0 Å². The highest BCUT2D eigenvalue weighted by molar-refractivity contribution is 5.95. The smallest absolute Gasteiger partial charge is 0.162 e. The molecule has 5 heteroatoms. The van der Waals surface area contributed by atoms with Gasteiger partial charge in [-0.15, -0.1) is 0 Å². The lowest BCUT2D eigenvalue weighted by Crippen LogP contribution is -2.07. The molecule has 0 bridgehead atoms. The highest BCUT2D eigenvalue weighted by Crippen LogP contribution is 2.21. The van der Waals surface area contributed by atoms with E-state index < -0.39 is 0 Å². The molecule has 0 aliphatic carbocycles. The highest BCUT2D eigenvalue weighted by Gasteiger charge is 2.17. The van der Waals surface area contributed by atoms with Gasteiger partial charge in [0.1, 0.15) is 24.0 Å². The van der Waals surface area contributed by atoms with Crippen molar-refractivity contribution in [2.45, 2.75) is 26.9 Å². The SMILES string of the molecule is CCC(=O)c1ccc(OCc2c(C#N)c(C)nn2-c2ccccc2)cc1. The van der Waals surface area contributed by atoms with E-state index in [2.05, 4.69) is 11.2 Å². The van der Waals surface area contributed by atoms with E-state index in [1.807, 2.05) is 44.2 Å². The fraction of sp³-hybridized carbons (Fsp3) is 0.190. The van der Waals surface area contributed by atoms with Crippen LogP contribution >= 0.6 is 0 Å². The number of Topliss-reactive ketones (excluding diaryl/α,β-unsaturated/α-hetero) is 1. The summed E-state index contributed by atoms with van der Waals surface area (Å²) >= 11 is 0. The number of aromatic nitrogens is 2. The van der Waals surface area contributed by atoms with Gasteiger partial charge in [-0.05, 0) is 43.3 Å². The number of ketones is 1. The van der Waals surface area contributed by atoms with E-state index in [0.29, 0.717) is 34.7 Å². The van der Waals surface area contributed by atoms with Crippen LogP contribution in [0.25, 0.3) is 5.69 Å². The van der Waals surface area contributed by atoms with Gasteiger partial charge in [-0.3, -0.25) is 4.79 Å². The second kappa shape index (κ2) is 7.66. The molecule has 26 heavy (non-hydrogen) atoms. The number of carbonyl (C=O) groups excluding carboxylic acids is 1. The molecule has 0 saturated carbocycles. The molecule has 2 aromatic carbocycles. The molecule has 0 fully saturated rings. The molecule has 0 N–H and O–H groups in total. The molecule has 5 nitrogen and oxygen atoms in total. The minimum atomic E-state index is 0.0982. The molecule has 0 amide bonds. The Labute approximate surface area is 152 Å². The molecule has 0 aliphatic heterocycles. The molecule has 1 aromatic heterocycles. The molecular formula is C21H19N3O2. The molecule has 0 saturated heterocycles. The Balaban J connectivity index is 1.86. The fourth-order valence-electron chi connectivity index (χ4n) is 2.73. The number of carbonyl (C=O) groups is 1. The lowest BCUT2D eigenvalue weighted by atomic mass is 10.1. The average molecular weight is 345 g/mol. The maximum Gasteiger partial charge on any atom is 0.162 e. The summed E-state index contributed by atoms with van der Waals surface area (Å²) < 4.78 is 7.59. The standard InChI is InChI=1S/C21H19N3O2/c1-3-21(25)16-9-11-18(12-10-16)26-14-20-19(13-22)15(2)23-24(20)17-7-5-4-6-8-17/h4-12H,3,14H2,1-2H3. The lowest BCUT2D eigenvalue weighted by Gasteiger charge is -2.10. The monoisotopic (exact) mass is 345 g/mol. The predicted molar refractivity (Wildman–Crippen MR) is 98.4 cm³/mol. The first-order valence-corrected chi connectivity index (χ1v) is 8.44. The second-order valence-corrected chi connectivity index (χ2v) is 5.86. The van der Waals surface area contributed by atoms with Gasteiger partial charge in [-0.2, -0.15) is 10.4 Å².